The van der Waals surface area contributed by atoms with E-state index in [9.17, 15) is 9.18 Å². The van der Waals surface area contributed by atoms with E-state index in [4.69, 9.17) is 0 Å². The molecule has 106 valence electrons. The molecule has 3 aromatic rings. The number of hydrogen-bond donors (Lipinski definition) is 2. The van der Waals surface area contributed by atoms with Gasteiger partial charge in [0.1, 0.15) is 5.82 Å². The number of hydrogen-bond acceptors (Lipinski definition) is 2. The summed E-state index contributed by atoms with van der Waals surface area (Å²) in [7, 11) is 0. The van der Waals surface area contributed by atoms with E-state index in [0.717, 1.165) is 36.0 Å². The van der Waals surface area contributed by atoms with Gasteiger partial charge in [0.2, 0.25) is 0 Å². The topological polar surface area (TPSA) is 61.5 Å². The van der Waals surface area contributed by atoms with Crippen LogP contribution in [-0.2, 0) is 12.8 Å². The highest BCUT2D eigenvalue weighted by Crippen LogP contribution is 2.32. The Morgan fingerprint density at radius 2 is 2.00 bits per heavy atom. The van der Waals surface area contributed by atoms with Gasteiger partial charge in [-0.3, -0.25) is 4.98 Å². The van der Waals surface area contributed by atoms with Crippen LogP contribution >= 0.6 is 0 Å². The number of fused-ring (bicyclic) bond motifs is 2. The molecule has 0 saturated heterocycles. The van der Waals surface area contributed by atoms with Crippen molar-refractivity contribution < 1.29 is 4.39 Å². The molecule has 1 atom stereocenters. The smallest absolute Gasteiger partial charge is 0.304 e. The zero-order valence-electron chi connectivity index (χ0n) is 11.3. The number of nitrogens with zero attached hydrogens (tertiary/aromatic N) is 1. The molecule has 1 aliphatic rings. The lowest BCUT2D eigenvalue weighted by atomic mass is 9.82. The summed E-state index contributed by atoms with van der Waals surface area (Å²) >= 11 is 0. The monoisotopic (exact) mass is 283 g/mol. The van der Waals surface area contributed by atoms with Crippen molar-refractivity contribution in [3.63, 3.8) is 0 Å². The minimum absolute atomic E-state index is 0.205. The zero-order valence-corrected chi connectivity index (χ0v) is 11.3. The highest BCUT2D eigenvalue weighted by Gasteiger charge is 2.22. The number of aromatic amines is 2. The summed E-state index contributed by atoms with van der Waals surface area (Å²) in [5, 5.41) is 0. The van der Waals surface area contributed by atoms with Crippen LogP contribution in [0.2, 0.25) is 0 Å². The maximum Gasteiger partial charge on any atom is 0.325 e. The third-order valence-corrected chi connectivity index (χ3v) is 4.21. The predicted octanol–water partition coefficient (Wildman–Crippen LogP) is 2.66. The second-order valence-electron chi connectivity index (χ2n) is 5.56. The first-order valence-electron chi connectivity index (χ1n) is 7.05. The lowest BCUT2D eigenvalue weighted by Crippen LogP contribution is -2.14. The summed E-state index contributed by atoms with van der Waals surface area (Å²) in [5.41, 5.74) is 4.52. The molecule has 0 radical (unpaired) electrons. The van der Waals surface area contributed by atoms with Crippen LogP contribution in [0.5, 0.6) is 0 Å². The van der Waals surface area contributed by atoms with Crippen LogP contribution in [0.3, 0.4) is 0 Å². The van der Waals surface area contributed by atoms with Gasteiger partial charge in [-0.15, -0.1) is 0 Å². The van der Waals surface area contributed by atoms with Gasteiger partial charge in [-0.05, 0) is 54.5 Å². The van der Waals surface area contributed by atoms with Gasteiger partial charge < -0.3 is 4.98 Å². The van der Waals surface area contributed by atoms with Crippen molar-refractivity contribution in [3.05, 3.63) is 63.5 Å². The summed E-state index contributed by atoms with van der Waals surface area (Å²) in [4.78, 5) is 21.3. The fraction of sp³-hybridized carbons (Fsp3) is 0.250. The Balaban J connectivity index is 1.71. The highest BCUT2D eigenvalue weighted by atomic mass is 19.1. The first-order valence-corrected chi connectivity index (χ1v) is 7.05. The third-order valence-electron chi connectivity index (χ3n) is 4.21. The Morgan fingerprint density at radius 3 is 2.81 bits per heavy atom. The molecule has 2 N–H and O–H groups in total. The van der Waals surface area contributed by atoms with Crippen LogP contribution in [-0.4, -0.2) is 15.0 Å². The van der Waals surface area contributed by atoms with Gasteiger partial charge in [-0.1, -0.05) is 12.1 Å². The molecular weight excluding hydrogens is 269 g/mol. The van der Waals surface area contributed by atoms with Gasteiger partial charge in [-0.25, -0.2) is 14.2 Å². The van der Waals surface area contributed by atoms with Crippen LogP contribution in [0.15, 0.2) is 35.1 Å². The molecule has 0 fully saturated rings. The first kappa shape index (κ1) is 12.3. The Hall–Kier alpha value is -2.43. The number of rotatable bonds is 1. The van der Waals surface area contributed by atoms with E-state index < -0.39 is 0 Å². The molecule has 4 rings (SSSR count). The minimum Gasteiger partial charge on any atom is -0.304 e. The van der Waals surface area contributed by atoms with E-state index in [-0.39, 0.29) is 11.5 Å². The van der Waals surface area contributed by atoms with E-state index >= 15 is 0 Å². The molecule has 2 aromatic heterocycles. The molecule has 2 heterocycles. The Bertz CT molecular complexity index is 863. The molecule has 1 aliphatic carbocycles. The number of aryl methyl sites for hydroxylation is 1. The quantitative estimate of drug-likeness (QED) is 0.721. The van der Waals surface area contributed by atoms with Gasteiger partial charge in [0.15, 0.2) is 5.65 Å². The Kier molecular flexibility index (Phi) is 2.67. The molecule has 0 bridgehead atoms. The lowest BCUT2D eigenvalue weighted by Gasteiger charge is -2.24. The molecule has 5 heteroatoms. The van der Waals surface area contributed by atoms with Crippen molar-refractivity contribution in [2.24, 2.45) is 0 Å². The summed E-state index contributed by atoms with van der Waals surface area (Å²) in [6.45, 7) is 0. The molecule has 0 aliphatic heterocycles. The molecule has 4 nitrogen and oxygen atoms in total. The number of benzene rings is 1. The largest absolute Gasteiger partial charge is 0.325 e. The summed E-state index contributed by atoms with van der Waals surface area (Å²) in [5.74, 6) is 0.172. The normalized spacial score (nSPS) is 17.9. The van der Waals surface area contributed by atoms with Crippen molar-refractivity contribution in [3.8, 4) is 0 Å². The molecule has 0 spiro atoms. The molecular formula is C16H14FN3O. The fourth-order valence-electron chi connectivity index (χ4n) is 3.14. The number of halogens is 1. The molecule has 21 heavy (non-hydrogen) atoms. The van der Waals surface area contributed by atoms with Gasteiger partial charge in [-0.2, -0.15) is 0 Å². The Labute approximate surface area is 120 Å². The summed E-state index contributed by atoms with van der Waals surface area (Å²) in [6, 6.07) is 8.74. The van der Waals surface area contributed by atoms with Crippen LogP contribution in [0, 0.1) is 5.82 Å². The van der Waals surface area contributed by atoms with E-state index in [1.807, 2.05) is 18.2 Å². The fourth-order valence-corrected chi connectivity index (χ4v) is 3.14. The number of nitrogens with one attached hydrogen (secondary N) is 2. The van der Waals surface area contributed by atoms with Crippen molar-refractivity contribution in [1.29, 1.82) is 0 Å². The third kappa shape index (κ3) is 2.14. The van der Waals surface area contributed by atoms with Gasteiger partial charge >= 0.3 is 5.69 Å². The van der Waals surface area contributed by atoms with Gasteiger partial charge in [0, 0.05) is 5.69 Å². The van der Waals surface area contributed by atoms with Crippen LogP contribution in [0.1, 0.15) is 29.2 Å². The van der Waals surface area contributed by atoms with Crippen LogP contribution in [0.4, 0.5) is 4.39 Å². The zero-order chi connectivity index (χ0) is 14.4. The van der Waals surface area contributed by atoms with E-state index in [0.29, 0.717) is 11.6 Å². The van der Waals surface area contributed by atoms with E-state index in [2.05, 4.69) is 15.0 Å². The standard InChI is InChI=1S/C16H14FN3O/c17-12-4-1-9(2-5-12)10-3-6-13-11(7-10)8-14-15(18-13)20-16(21)19-14/h1-2,4-5,8,10H,3,6-7H2,(H2,18,19,20,21). The maximum absolute atomic E-state index is 13.0. The lowest BCUT2D eigenvalue weighted by molar-refractivity contribution is 0.572. The molecule has 0 saturated carbocycles. The van der Waals surface area contributed by atoms with Gasteiger partial charge in [0.05, 0.1) is 5.52 Å². The van der Waals surface area contributed by atoms with Crippen molar-refractivity contribution >= 4 is 11.2 Å². The highest BCUT2D eigenvalue weighted by molar-refractivity contribution is 5.71. The summed E-state index contributed by atoms with van der Waals surface area (Å²) in [6.07, 6.45) is 2.74. The van der Waals surface area contributed by atoms with Crippen LogP contribution < -0.4 is 5.69 Å². The number of imidazole rings is 1. The molecule has 1 unspecified atom stereocenters. The minimum atomic E-state index is -0.227. The number of pyridine rings is 1. The maximum atomic E-state index is 13.0. The van der Waals surface area contributed by atoms with E-state index in [1.54, 1.807) is 0 Å². The number of H-pyrrole nitrogens is 2. The van der Waals surface area contributed by atoms with E-state index in [1.165, 1.54) is 17.7 Å². The van der Waals surface area contributed by atoms with Crippen LogP contribution in [0.25, 0.3) is 11.2 Å². The Morgan fingerprint density at radius 1 is 1.19 bits per heavy atom. The first-order chi connectivity index (χ1) is 10.2. The average molecular weight is 283 g/mol. The second kappa shape index (κ2) is 4.55. The predicted molar refractivity (Wildman–Crippen MR) is 77.9 cm³/mol. The van der Waals surface area contributed by atoms with Crippen molar-refractivity contribution in [2.75, 3.05) is 0 Å². The molecule has 1 aromatic carbocycles. The SMILES string of the molecule is O=c1[nH]c2cc3c(nc2[nH]1)CCC(c1ccc(F)cc1)C3. The second-order valence-corrected chi connectivity index (χ2v) is 5.56. The van der Waals surface area contributed by atoms with Crippen molar-refractivity contribution in [2.45, 2.75) is 25.2 Å². The number of aromatic nitrogens is 3. The van der Waals surface area contributed by atoms with Crippen molar-refractivity contribution in [1.82, 2.24) is 15.0 Å². The average Bonchev–Trinajstić information content (AvgIpc) is 2.84. The molecule has 0 amide bonds. The summed E-state index contributed by atoms with van der Waals surface area (Å²) < 4.78 is 13.0. The van der Waals surface area contributed by atoms with Gasteiger partial charge in [0.25, 0.3) is 0 Å².